The Morgan fingerprint density at radius 2 is 2.25 bits per heavy atom. The van der Waals surface area contributed by atoms with Crippen LogP contribution in [0.4, 0.5) is 4.39 Å². The number of ether oxygens (including phenoxy) is 1. The molecular weight excluding hydrogens is 209 g/mol. The first-order valence-electron chi connectivity index (χ1n) is 5.22. The molecule has 0 unspecified atom stereocenters. The second kappa shape index (κ2) is 5.61. The van der Waals surface area contributed by atoms with Crippen LogP contribution in [0.2, 0.25) is 0 Å². The molecule has 0 spiro atoms. The van der Waals surface area contributed by atoms with Crippen molar-refractivity contribution in [1.82, 2.24) is 0 Å². The van der Waals surface area contributed by atoms with Crippen LogP contribution in [0.15, 0.2) is 18.2 Å². The van der Waals surface area contributed by atoms with Crippen molar-refractivity contribution in [1.29, 1.82) is 0 Å². The minimum absolute atomic E-state index is 0.0676. The van der Waals surface area contributed by atoms with Crippen LogP contribution in [0.5, 0.6) is 0 Å². The van der Waals surface area contributed by atoms with Crippen molar-refractivity contribution in [3.8, 4) is 0 Å². The van der Waals surface area contributed by atoms with E-state index in [4.69, 9.17) is 10.5 Å². The highest BCUT2D eigenvalue weighted by atomic mass is 19.1. The predicted octanol–water partition coefficient (Wildman–Crippen LogP) is 2.09. The molecule has 0 amide bonds. The van der Waals surface area contributed by atoms with E-state index in [1.54, 1.807) is 26.0 Å². The molecule has 0 aliphatic carbocycles. The van der Waals surface area contributed by atoms with Gasteiger partial charge in [-0.1, -0.05) is 12.1 Å². The lowest BCUT2D eigenvalue weighted by atomic mass is 9.99. The molecule has 0 heterocycles. The van der Waals surface area contributed by atoms with Crippen molar-refractivity contribution < 1.29 is 13.9 Å². The van der Waals surface area contributed by atoms with E-state index in [1.165, 1.54) is 6.07 Å². The van der Waals surface area contributed by atoms with Crippen molar-refractivity contribution >= 4 is 5.97 Å². The van der Waals surface area contributed by atoms with Crippen molar-refractivity contribution in [2.45, 2.75) is 26.3 Å². The van der Waals surface area contributed by atoms with Gasteiger partial charge < -0.3 is 10.5 Å². The highest BCUT2D eigenvalue weighted by molar-refractivity contribution is 5.70. The Bertz CT molecular complexity index is 379. The number of esters is 1. The number of halogens is 1. The van der Waals surface area contributed by atoms with Gasteiger partial charge in [0, 0.05) is 6.04 Å². The van der Waals surface area contributed by atoms with Crippen LogP contribution in [-0.2, 0) is 9.53 Å². The molecule has 0 bridgehead atoms. The van der Waals surface area contributed by atoms with Gasteiger partial charge in [0.05, 0.1) is 13.0 Å². The van der Waals surface area contributed by atoms with E-state index in [0.717, 1.165) is 0 Å². The van der Waals surface area contributed by atoms with E-state index in [0.29, 0.717) is 17.7 Å². The molecule has 0 saturated heterocycles. The first kappa shape index (κ1) is 12.6. The van der Waals surface area contributed by atoms with Gasteiger partial charge in [0.2, 0.25) is 0 Å². The maximum Gasteiger partial charge on any atom is 0.307 e. The minimum atomic E-state index is -0.519. The average molecular weight is 225 g/mol. The fourth-order valence-corrected chi connectivity index (χ4v) is 1.54. The van der Waals surface area contributed by atoms with E-state index in [2.05, 4.69) is 0 Å². The zero-order chi connectivity index (χ0) is 12.1. The molecule has 0 fully saturated rings. The highest BCUT2D eigenvalue weighted by Gasteiger charge is 2.15. The summed E-state index contributed by atoms with van der Waals surface area (Å²) in [5.41, 5.74) is 6.96. The Morgan fingerprint density at radius 3 is 2.88 bits per heavy atom. The average Bonchev–Trinajstić information content (AvgIpc) is 2.22. The quantitative estimate of drug-likeness (QED) is 0.798. The first-order chi connectivity index (χ1) is 7.56. The Morgan fingerprint density at radius 1 is 1.56 bits per heavy atom. The molecule has 0 saturated carbocycles. The Hall–Kier alpha value is -1.42. The van der Waals surface area contributed by atoms with Gasteiger partial charge in [0.25, 0.3) is 0 Å². The van der Waals surface area contributed by atoms with Gasteiger partial charge in [-0.3, -0.25) is 4.79 Å². The fourth-order valence-electron chi connectivity index (χ4n) is 1.54. The van der Waals surface area contributed by atoms with E-state index in [9.17, 15) is 9.18 Å². The van der Waals surface area contributed by atoms with Gasteiger partial charge in [-0.05, 0) is 31.0 Å². The zero-order valence-electron chi connectivity index (χ0n) is 9.50. The molecule has 1 aromatic rings. The lowest BCUT2D eigenvalue weighted by Gasteiger charge is -2.14. The second-order valence-electron chi connectivity index (χ2n) is 3.57. The molecule has 0 radical (unpaired) electrons. The van der Waals surface area contributed by atoms with Crippen molar-refractivity contribution in [2.24, 2.45) is 5.73 Å². The molecule has 3 nitrogen and oxygen atoms in total. The van der Waals surface area contributed by atoms with Gasteiger partial charge >= 0.3 is 5.97 Å². The molecule has 0 aliphatic rings. The van der Waals surface area contributed by atoms with E-state index >= 15 is 0 Å². The Kier molecular flexibility index (Phi) is 4.43. The lowest BCUT2D eigenvalue weighted by molar-refractivity contribution is -0.143. The molecule has 16 heavy (non-hydrogen) atoms. The summed E-state index contributed by atoms with van der Waals surface area (Å²) in [5.74, 6) is -0.671. The van der Waals surface area contributed by atoms with Crippen LogP contribution in [0.1, 0.15) is 30.5 Å². The van der Waals surface area contributed by atoms with E-state index in [1.807, 2.05) is 0 Å². The topological polar surface area (TPSA) is 52.3 Å². The maximum atomic E-state index is 13.3. The molecule has 1 aromatic carbocycles. The summed E-state index contributed by atoms with van der Waals surface area (Å²) in [7, 11) is 0. The number of rotatable bonds is 4. The Balaban J connectivity index is 2.76. The van der Waals surface area contributed by atoms with Crippen molar-refractivity contribution in [3.05, 3.63) is 35.1 Å². The first-order valence-corrected chi connectivity index (χ1v) is 5.22. The lowest BCUT2D eigenvalue weighted by Crippen LogP contribution is -2.18. The molecule has 2 N–H and O–H groups in total. The fraction of sp³-hybridized carbons (Fsp3) is 0.417. The second-order valence-corrected chi connectivity index (χ2v) is 3.57. The van der Waals surface area contributed by atoms with Crippen LogP contribution in [-0.4, -0.2) is 12.6 Å². The normalized spacial score (nSPS) is 12.2. The molecular formula is C12H16FNO2. The van der Waals surface area contributed by atoms with E-state index in [-0.39, 0.29) is 18.2 Å². The maximum absolute atomic E-state index is 13.3. The number of hydrogen-bond acceptors (Lipinski definition) is 3. The van der Waals surface area contributed by atoms with Gasteiger partial charge in [0.15, 0.2) is 0 Å². The zero-order valence-corrected chi connectivity index (χ0v) is 9.50. The summed E-state index contributed by atoms with van der Waals surface area (Å²) in [4.78, 5) is 11.2. The summed E-state index contributed by atoms with van der Waals surface area (Å²) < 4.78 is 18.0. The van der Waals surface area contributed by atoms with Crippen LogP contribution in [0.3, 0.4) is 0 Å². The van der Waals surface area contributed by atoms with Crippen LogP contribution < -0.4 is 5.73 Å². The van der Waals surface area contributed by atoms with Crippen molar-refractivity contribution in [2.75, 3.05) is 6.61 Å². The predicted molar refractivity (Wildman–Crippen MR) is 59.3 cm³/mol. The molecule has 1 atom stereocenters. The SMILES string of the molecule is CCOC(=O)C[C@@H](N)c1cccc(F)c1C. The number of carbonyl (C=O) groups is 1. The van der Waals surface area contributed by atoms with Crippen LogP contribution >= 0.6 is 0 Å². The number of carbonyl (C=O) groups excluding carboxylic acids is 1. The monoisotopic (exact) mass is 225 g/mol. The number of hydrogen-bond donors (Lipinski definition) is 1. The number of benzene rings is 1. The molecule has 0 aromatic heterocycles. The summed E-state index contributed by atoms with van der Waals surface area (Å²) >= 11 is 0. The molecule has 0 aliphatic heterocycles. The third kappa shape index (κ3) is 3.03. The Labute approximate surface area is 94.4 Å². The van der Waals surface area contributed by atoms with Gasteiger partial charge in [-0.25, -0.2) is 4.39 Å². The number of nitrogens with two attached hydrogens (primary N) is 1. The summed E-state index contributed by atoms with van der Waals surface area (Å²) in [5, 5.41) is 0. The molecule has 88 valence electrons. The summed E-state index contributed by atoms with van der Waals surface area (Å²) in [6.07, 6.45) is 0.0676. The van der Waals surface area contributed by atoms with Gasteiger partial charge in [-0.15, -0.1) is 0 Å². The summed E-state index contributed by atoms with van der Waals surface area (Å²) in [6, 6.07) is 4.16. The molecule has 4 heteroatoms. The highest BCUT2D eigenvalue weighted by Crippen LogP contribution is 2.20. The smallest absolute Gasteiger partial charge is 0.307 e. The van der Waals surface area contributed by atoms with Crippen LogP contribution in [0, 0.1) is 12.7 Å². The third-order valence-corrected chi connectivity index (χ3v) is 2.40. The summed E-state index contributed by atoms with van der Waals surface area (Å²) in [6.45, 7) is 3.71. The standard InChI is InChI=1S/C12H16FNO2/c1-3-16-12(15)7-11(14)9-5-4-6-10(13)8(9)2/h4-6,11H,3,7,14H2,1-2H3/t11-/m1/s1. The van der Waals surface area contributed by atoms with E-state index < -0.39 is 6.04 Å². The van der Waals surface area contributed by atoms with Crippen molar-refractivity contribution in [3.63, 3.8) is 0 Å². The van der Waals surface area contributed by atoms with Gasteiger partial charge in [-0.2, -0.15) is 0 Å². The van der Waals surface area contributed by atoms with Gasteiger partial charge in [0.1, 0.15) is 5.82 Å². The third-order valence-electron chi connectivity index (χ3n) is 2.40. The largest absolute Gasteiger partial charge is 0.466 e. The molecule has 1 rings (SSSR count). The minimum Gasteiger partial charge on any atom is -0.466 e. The van der Waals surface area contributed by atoms with Crippen LogP contribution in [0.25, 0.3) is 0 Å².